The molecule has 0 saturated carbocycles. The smallest absolute Gasteiger partial charge is 0.269 e. The first kappa shape index (κ1) is 19.1. The van der Waals surface area contributed by atoms with Crippen LogP contribution in [0.1, 0.15) is 38.3 Å². The number of hydrogen-bond donors (Lipinski definition) is 2. The summed E-state index contributed by atoms with van der Waals surface area (Å²) in [4.78, 5) is 10.2. The molecule has 0 aromatic heterocycles. The van der Waals surface area contributed by atoms with Crippen LogP contribution in [-0.2, 0) is 0 Å². The highest BCUT2D eigenvalue weighted by molar-refractivity contribution is 6.31. The molecule has 114 valence electrons. The predicted molar refractivity (Wildman–Crippen MR) is 82.4 cm³/mol. The molecule has 1 aromatic carbocycles. The maximum absolute atomic E-state index is 10.7. The Hall–Kier alpha value is -0.880. The van der Waals surface area contributed by atoms with Gasteiger partial charge in [-0.2, -0.15) is 0 Å². The van der Waals surface area contributed by atoms with Gasteiger partial charge in [0, 0.05) is 17.2 Å². The number of halogens is 2. The molecule has 0 saturated heterocycles. The molecule has 0 bridgehead atoms. The minimum atomic E-state index is -0.762. The second-order valence-electron chi connectivity index (χ2n) is 5.03. The number of nitrogens with two attached hydrogens (primary N) is 1. The van der Waals surface area contributed by atoms with Gasteiger partial charge in [0.2, 0.25) is 0 Å². The zero-order valence-corrected chi connectivity index (χ0v) is 13.0. The minimum absolute atomic E-state index is 0. The van der Waals surface area contributed by atoms with Crippen LogP contribution >= 0.6 is 24.0 Å². The molecular formula is C13H20Cl2N2O3. The molecular weight excluding hydrogens is 303 g/mol. The van der Waals surface area contributed by atoms with E-state index in [1.165, 1.54) is 18.2 Å². The number of aliphatic hydroxyl groups excluding tert-OH is 1. The summed E-state index contributed by atoms with van der Waals surface area (Å²) in [5.41, 5.74) is 6.27. The molecule has 0 aliphatic carbocycles. The fourth-order valence-corrected chi connectivity index (χ4v) is 2.03. The second kappa shape index (κ2) is 8.42. The predicted octanol–water partition coefficient (Wildman–Crippen LogP) is 3.47. The lowest BCUT2D eigenvalue weighted by Gasteiger charge is -2.20. The monoisotopic (exact) mass is 322 g/mol. The van der Waals surface area contributed by atoms with Crippen LogP contribution in [0.15, 0.2) is 18.2 Å². The Bertz CT molecular complexity index is 455. The normalized spacial score (nSPS) is 13.7. The first-order valence-electron chi connectivity index (χ1n) is 6.20. The summed E-state index contributed by atoms with van der Waals surface area (Å²) in [6, 6.07) is 3.36. The Morgan fingerprint density at radius 2 is 2.00 bits per heavy atom. The molecule has 0 radical (unpaired) electrons. The maximum atomic E-state index is 10.7. The second-order valence-corrected chi connectivity index (χ2v) is 5.43. The number of nitro benzene ring substituents is 1. The van der Waals surface area contributed by atoms with Gasteiger partial charge in [-0.15, -0.1) is 12.4 Å². The van der Waals surface area contributed by atoms with E-state index in [0.29, 0.717) is 22.9 Å². The van der Waals surface area contributed by atoms with Crippen molar-refractivity contribution in [3.63, 3.8) is 0 Å². The summed E-state index contributed by atoms with van der Waals surface area (Å²) in [7, 11) is 0. The quantitative estimate of drug-likeness (QED) is 0.619. The lowest BCUT2D eigenvalue weighted by atomic mass is 9.95. The van der Waals surface area contributed by atoms with E-state index in [-0.39, 0.29) is 18.1 Å². The Morgan fingerprint density at radius 3 is 2.50 bits per heavy atom. The van der Waals surface area contributed by atoms with Crippen LogP contribution in [0.4, 0.5) is 5.69 Å². The van der Waals surface area contributed by atoms with Gasteiger partial charge in [0.05, 0.1) is 17.1 Å². The molecule has 0 aliphatic rings. The van der Waals surface area contributed by atoms with Crippen LogP contribution < -0.4 is 5.73 Å². The zero-order valence-electron chi connectivity index (χ0n) is 11.5. The van der Waals surface area contributed by atoms with E-state index in [0.717, 1.165) is 6.42 Å². The van der Waals surface area contributed by atoms with Gasteiger partial charge in [0.1, 0.15) is 0 Å². The van der Waals surface area contributed by atoms with Crippen molar-refractivity contribution in [2.24, 2.45) is 11.7 Å². The van der Waals surface area contributed by atoms with E-state index in [1.807, 2.05) is 0 Å². The molecule has 3 N–H and O–H groups in total. The topological polar surface area (TPSA) is 89.4 Å². The fourth-order valence-electron chi connectivity index (χ4n) is 1.79. The van der Waals surface area contributed by atoms with Crippen LogP contribution in [0.25, 0.3) is 0 Å². The first-order valence-corrected chi connectivity index (χ1v) is 6.58. The number of benzene rings is 1. The Morgan fingerprint density at radius 1 is 1.40 bits per heavy atom. The summed E-state index contributed by atoms with van der Waals surface area (Å²) in [5, 5.41) is 21.1. The van der Waals surface area contributed by atoms with Gasteiger partial charge in [0.15, 0.2) is 0 Å². The van der Waals surface area contributed by atoms with E-state index in [4.69, 9.17) is 17.3 Å². The Kier molecular flexibility index (Phi) is 8.05. The number of non-ortho nitro benzene ring substituents is 1. The average Bonchev–Trinajstić information content (AvgIpc) is 2.35. The fraction of sp³-hybridized carbons (Fsp3) is 0.538. The molecule has 7 heteroatoms. The van der Waals surface area contributed by atoms with E-state index >= 15 is 0 Å². The summed E-state index contributed by atoms with van der Waals surface area (Å²) in [6.45, 7) is 4.11. The Labute approximate surface area is 129 Å². The molecule has 0 spiro atoms. The molecule has 1 rings (SSSR count). The summed E-state index contributed by atoms with van der Waals surface area (Å²) >= 11 is 5.99. The van der Waals surface area contributed by atoms with Gasteiger partial charge in [0.25, 0.3) is 5.69 Å². The van der Waals surface area contributed by atoms with Crippen molar-refractivity contribution >= 4 is 29.7 Å². The SMILES string of the molecule is CC(C)CC[C@@H](O)[C@@H](N)c1cc([N+](=O)[O-])ccc1Cl.Cl. The zero-order chi connectivity index (χ0) is 14.6. The van der Waals surface area contributed by atoms with Gasteiger partial charge in [-0.05, 0) is 30.4 Å². The highest BCUT2D eigenvalue weighted by Crippen LogP contribution is 2.29. The number of rotatable bonds is 6. The van der Waals surface area contributed by atoms with Crippen LogP contribution in [0.2, 0.25) is 5.02 Å². The summed E-state index contributed by atoms with van der Waals surface area (Å²) in [5.74, 6) is 0.461. The molecule has 0 amide bonds. The van der Waals surface area contributed by atoms with Crippen molar-refractivity contribution in [3.8, 4) is 0 Å². The van der Waals surface area contributed by atoms with Gasteiger partial charge < -0.3 is 10.8 Å². The van der Waals surface area contributed by atoms with Gasteiger partial charge in [-0.1, -0.05) is 25.4 Å². The number of hydrogen-bond acceptors (Lipinski definition) is 4. The van der Waals surface area contributed by atoms with Crippen LogP contribution in [0.5, 0.6) is 0 Å². The average molecular weight is 323 g/mol. The lowest BCUT2D eigenvalue weighted by molar-refractivity contribution is -0.384. The van der Waals surface area contributed by atoms with Crippen molar-refractivity contribution in [2.45, 2.75) is 38.8 Å². The van der Waals surface area contributed by atoms with E-state index in [9.17, 15) is 15.2 Å². The first-order chi connectivity index (χ1) is 8.82. The third-order valence-corrected chi connectivity index (χ3v) is 3.35. The van der Waals surface area contributed by atoms with Gasteiger partial charge in [-0.25, -0.2) is 0 Å². The van der Waals surface area contributed by atoms with Crippen molar-refractivity contribution in [1.29, 1.82) is 0 Å². The minimum Gasteiger partial charge on any atom is -0.391 e. The van der Waals surface area contributed by atoms with Crippen LogP contribution in [0.3, 0.4) is 0 Å². The van der Waals surface area contributed by atoms with Gasteiger partial charge in [-0.3, -0.25) is 10.1 Å². The molecule has 0 fully saturated rings. The van der Waals surface area contributed by atoms with Gasteiger partial charge >= 0.3 is 0 Å². The molecule has 0 unspecified atom stereocenters. The van der Waals surface area contributed by atoms with E-state index < -0.39 is 17.1 Å². The molecule has 2 atom stereocenters. The summed E-state index contributed by atoms with van der Waals surface area (Å²) < 4.78 is 0. The third kappa shape index (κ3) is 5.25. The largest absolute Gasteiger partial charge is 0.391 e. The van der Waals surface area contributed by atoms with Crippen LogP contribution in [-0.4, -0.2) is 16.1 Å². The highest BCUT2D eigenvalue weighted by Gasteiger charge is 2.21. The standard InChI is InChI=1S/C13H19ClN2O3.ClH/c1-8(2)3-6-12(17)13(15)10-7-9(16(18)19)4-5-11(10)14;/h4-5,7-8,12-13,17H,3,6,15H2,1-2H3;1H/t12-,13+;/m1./s1. The van der Waals surface area contributed by atoms with Crippen molar-refractivity contribution in [2.75, 3.05) is 0 Å². The number of aliphatic hydroxyl groups is 1. The molecule has 0 heterocycles. The molecule has 20 heavy (non-hydrogen) atoms. The molecule has 5 nitrogen and oxygen atoms in total. The molecule has 1 aromatic rings. The summed E-state index contributed by atoms with van der Waals surface area (Å²) in [6.07, 6.45) is 0.612. The van der Waals surface area contributed by atoms with Crippen molar-refractivity contribution < 1.29 is 10.0 Å². The highest BCUT2D eigenvalue weighted by atomic mass is 35.5. The number of nitrogens with zero attached hydrogens (tertiary/aromatic N) is 1. The third-order valence-electron chi connectivity index (χ3n) is 3.00. The van der Waals surface area contributed by atoms with Crippen molar-refractivity contribution in [1.82, 2.24) is 0 Å². The van der Waals surface area contributed by atoms with Crippen molar-refractivity contribution in [3.05, 3.63) is 38.9 Å². The Balaban J connectivity index is 0.00000361. The van der Waals surface area contributed by atoms with E-state index in [2.05, 4.69) is 13.8 Å². The van der Waals surface area contributed by atoms with Crippen LogP contribution in [0, 0.1) is 16.0 Å². The van der Waals surface area contributed by atoms with E-state index in [1.54, 1.807) is 0 Å². The lowest BCUT2D eigenvalue weighted by Crippen LogP contribution is -2.26. The number of nitro groups is 1. The maximum Gasteiger partial charge on any atom is 0.269 e. The molecule has 0 aliphatic heterocycles.